The van der Waals surface area contributed by atoms with E-state index in [1.54, 1.807) is 7.11 Å². The van der Waals surface area contributed by atoms with Crippen LogP contribution in [0.2, 0.25) is 0 Å². The van der Waals surface area contributed by atoms with Crippen LogP contribution in [0.15, 0.2) is 72.8 Å². The molecule has 3 aromatic carbocycles. The van der Waals surface area contributed by atoms with Gasteiger partial charge in [0, 0.05) is 23.0 Å². The van der Waals surface area contributed by atoms with E-state index >= 15 is 0 Å². The molecule has 0 spiro atoms. The van der Waals surface area contributed by atoms with E-state index in [2.05, 4.69) is 22.4 Å². The van der Waals surface area contributed by atoms with Crippen LogP contribution < -0.4 is 19.5 Å². The van der Waals surface area contributed by atoms with Crippen LogP contribution in [0.5, 0.6) is 17.2 Å². The molecule has 0 saturated heterocycles. The van der Waals surface area contributed by atoms with Crippen LogP contribution in [0.3, 0.4) is 0 Å². The van der Waals surface area contributed by atoms with Gasteiger partial charge in [-0.2, -0.15) is 0 Å². The van der Waals surface area contributed by atoms with Crippen molar-refractivity contribution in [3.63, 3.8) is 0 Å². The lowest BCUT2D eigenvalue weighted by molar-refractivity contribution is -0.121. The number of amides is 1. The summed E-state index contributed by atoms with van der Waals surface area (Å²) >= 11 is 0. The molecular formula is C27H26N2O4. The summed E-state index contributed by atoms with van der Waals surface area (Å²) in [7, 11) is 1.66. The normalized spacial score (nSPS) is 14.8. The second kappa shape index (κ2) is 9.28. The Balaban J connectivity index is 1.26. The highest BCUT2D eigenvalue weighted by molar-refractivity contribution is 5.91. The third kappa shape index (κ3) is 4.51. The lowest BCUT2D eigenvalue weighted by Crippen LogP contribution is -2.40. The minimum absolute atomic E-state index is 0.0107. The first kappa shape index (κ1) is 20.9. The van der Waals surface area contributed by atoms with E-state index in [4.69, 9.17) is 14.2 Å². The summed E-state index contributed by atoms with van der Waals surface area (Å²) in [6, 6.07) is 23.7. The van der Waals surface area contributed by atoms with Crippen LogP contribution in [0.25, 0.3) is 22.2 Å². The molecule has 6 heteroatoms. The summed E-state index contributed by atoms with van der Waals surface area (Å²) in [5.41, 5.74) is 4.29. The average Bonchev–Trinajstić information content (AvgIpc) is 3.24. The molecule has 2 N–H and O–H groups in total. The number of aromatic nitrogens is 1. The van der Waals surface area contributed by atoms with E-state index in [1.807, 2.05) is 60.7 Å². The van der Waals surface area contributed by atoms with Crippen molar-refractivity contribution in [2.45, 2.75) is 18.9 Å². The van der Waals surface area contributed by atoms with Gasteiger partial charge in [0.15, 0.2) is 11.5 Å². The second-order valence-electron chi connectivity index (χ2n) is 8.05. The number of carbonyl (C=O) groups is 1. The van der Waals surface area contributed by atoms with Crippen molar-refractivity contribution in [1.82, 2.24) is 10.3 Å². The quantitative estimate of drug-likeness (QED) is 0.434. The number of ether oxygens (including phenoxy) is 3. The molecule has 4 aromatic rings. The fourth-order valence-corrected chi connectivity index (χ4v) is 4.18. The Hall–Kier alpha value is -3.93. The standard InChI is InChI=1S/C27H26N2O4/c1-31-19-12-10-18(11-13-19)27-22(21-6-2-3-7-23(21)29-27)14-15-26(30)28-16-20-17-32-24-8-4-5-9-25(24)33-20/h2-13,20,29H,14-17H2,1H3,(H,28,30)/t20-/m1/s1. The first-order valence-electron chi connectivity index (χ1n) is 11.1. The number of hydrogen-bond acceptors (Lipinski definition) is 4. The molecule has 0 saturated carbocycles. The number of benzene rings is 3. The number of fused-ring (bicyclic) bond motifs is 2. The van der Waals surface area contributed by atoms with Gasteiger partial charge in [-0.25, -0.2) is 0 Å². The first-order chi connectivity index (χ1) is 16.2. The Labute approximate surface area is 192 Å². The molecule has 168 valence electrons. The summed E-state index contributed by atoms with van der Waals surface area (Å²) in [6.45, 7) is 0.827. The lowest BCUT2D eigenvalue weighted by Gasteiger charge is -2.26. The summed E-state index contributed by atoms with van der Waals surface area (Å²) < 4.78 is 16.9. The largest absolute Gasteiger partial charge is 0.497 e. The summed E-state index contributed by atoms with van der Waals surface area (Å²) in [6.07, 6.45) is 0.809. The minimum atomic E-state index is -0.202. The smallest absolute Gasteiger partial charge is 0.220 e. The third-order valence-corrected chi connectivity index (χ3v) is 5.89. The molecule has 1 aliphatic heterocycles. The minimum Gasteiger partial charge on any atom is -0.497 e. The molecule has 6 nitrogen and oxygen atoms in total. The maximum Gasteiger partial charge on any atom is 0.220 e. The second-order valence-corrected chi connectivity index (χ2v) is 8.05. The van der Waals surface area contributed by atoms with Crippen molar-refractivity contribution < 1.29 is 19.0 Å². The molecule has 0 bridgehead atoms. The van der Waals surface area contributed by atoms with E-state index in [0.29, 0.717) is 31.7 Å². The maximum absolute atomic E-state index is 12.7. The molecule has 0 unspecified atom stereocenters. The van der Waals surface area contributed by atoms with Gasteiger partial charge in [-0.15, -0.1) is 0 Å². The number of nitrogens with one attached hydrogen (secondary N) is 2. The van der Waals surface area contributed by atoms with Crippen LogP contribution >= 0.6 is 0 Å². The van der Waals surface area contributed by atoms with Crippen molar-refractivity contribution >= 4 is 16.8 Å². The topological polar surface area (TPSA) is 72.6 Å². The molecule has 2 heterocycles. The Morgan fingerprint density at radius 1 is 1.03 bits per heavy atom. The number of aryl methyl sites for hydroxylation is 1. The lowest BCUT2D eigenvalue weighted by atomic mass is 10.0. The van der Waals surface area contributed by atoms with Gasteiger partial charge >= 0.3 is 0 Å². The van der Waals surface area contributed by atoms with Gasteiger partial charge in [0.1, 0.15) is 18.5 Å². The first-order valence-corrected chi connectivity index (χ1v) is 11.1. The fourth-order valence-electron chi connectivity index (χ4n) is 4.18. The zero-order chi connectivity index (χ0) is 22.6. The monoisotopic (exact) mass is 442 g/mol. The van der Waals surface area contributed by atoms with E-state index in [9.17, 15) is 4.79 Å². The van der Waals surface area contributed by atoms with Gasteiger partial charge in [0.2, 0.25) is 5.91 Å². The van der Waals surface area contributed by atoms with Gasteiger partial charge in [0.05, 0.1) is 13.7 Å². The van der Waals surface area contributed by atoms with Crippen molar-refractivity contribution in [2.75, 3.05) is 20.3 Å². The average molecular weight is 443 g/mol. The van der Waals surface area contributed by atoms with Gasteiger partial charge in [-0.3, -0.25) is 4.79 Å². The number of para-hydroxylation sites is 3. The zero-order valence-corrected chi connectivity index (χ0v) is 18.5. The highest BCUT2D eigenvalue weighted by Crippen LogP contribution is 2.33. The molecule has 1 amide bonds. The maximum atomic E-state index is 12.7. The van der Waals surface area contributed by atoms with Gasteiger partial charge in [-0.05, 0) is 60.0 Å². The van der Waals surface area contributed by atoms with E-state index in [0.717, 1.165) is 39.2 Å². The highest BCUT2D eigenvalue weighted by atomic mass is 16.6. The highest BCUT2D eigenvalue weighted by Gasteiger charge is 2.21. The van der Waals surface area contributed by atoms with E-state index < -0.39 is 0 Å². The van der Waals surface area contributed by atoms with Crippen LogP contribution in [0.1, 0.15) is 12.0 Å². The summed E-state index contributed by atoms with van der Waals surface area (Å²) in [5.74, 6) is 2.26. The Bertz CT molecular complexity index is 1260. The predicted octanol–water partition coefficient (Wildman–Crippen LogP) is 4.73. The van der Waals surface area contributed by atoms with Crippen molar-refractivity contribution in [1.29, 1.82) is 0 Å². The van der Waals surface area contributed by atoms with Crippen LogP contribution in [-0.2, 0) is 11.2 Å². The fraction of sp³-hybridized carbons (Fsp3) is 0.222. The summed E-state index contributed by atoms with van der Waals surface area (Å²) in [4.78, 5) is 16.2. The van der Waals surface area contributed by atoms with Crippen LogP contribution in [-0.4, -0.2) is 37.3 Å². The number of aromatic amines is 1. The molecule has 0 aliphatic carbocycles. The van der Waals surface area contributed by atoms with Crippen molar-refractivity contribution in [2.24, 2.45) is 0 Å². The molecule has 1 atom stereocenters. The summed E-state index contributed by atoms with van der Waals surface area (Å²) in [5, 5.41) is 4.13. The van der Waals surface area contributed by atoms with E-state index in [1.165, 1.54) is 0 Å². The van der Waals surface area contributed by atoms with Crippen LogP contribution in [0, 0.1) is 0 Å². The van der Waals surface area contributed by atoms with E-state index in [-0.39, 0.29) is 12.0 Å². The number of carbonyl (C=O) groups excluding carboxylic acids is 1. The van der Waals surface area contributed by atoms with Gasteiger partial charge in [-0.1, -0.05) is 30.3 Å². The number of hydrogen-bond donors (Lipinski definition) is 2. The third-order valence-electron chi connectivity index (χ3n) is 5.89. The number of rotatable bonds is 7. The molecule has 33 heavy (non-hydrogen) atoms. The zero-order valence-electron chi connectivity index (χ0n) is 18.5. The molecule has 0 fully saturated rings. The molecule has 1 aromatic heterocycles. The molecule has 5 rings (SSSR count). The Morgan fingerprint density at radius 2 is 1.79 bits per heavy atom. The van der Waals surface area contributed by atoms with Gasteiger partial charge < -0.3 is 24.5 Å². The number of H-pyrrole nitrogens is 1. The molecular weight excluding hydrogens is 416 g/mol. The Kier molecular flexibility index (Phi) is 5.89. The Morgan fingerprint density at radius 3 is 2.61 bits per heavy atom. The van der Waals surface area contributed by atoms with Crippen molar-refractivity contribution in [3.8, 4) is 28.5 Å². The van der Waals surface area contributed by atoms with Crippen molar-refractivity contribution in [3.05, 3.63) is 78.4 Å². The molecule has 1 aliphatic rings. The SMILES string of the molecule is COc1ccc(-c2[nH]c3ccccc3c2CCC(=O)NC[C@@H]2COc3ccccc3O2)cc1. The predicted molar refractivity (Wildman–Crippen MR) is 128 cm³/mol. The van der Waals surface area contributed by atoms with Crippen LogP contribution in [0.4, 0.5) is 0 Å². The number of methoxy groups -OCH3 is 1. The molecule has 0 radical (unpaired) electrons. The van der Waals surface area contributed by atoms with Gasteiger partial charge in [0.25, 0.3) is 0 Å².